The maximum atomic E-state index is 12.9. The van der Waals surface area contributed by atoms with Crippen LogP contribution in [0.4, 0.5) is 10.5 Å². The minimum absolute atomic E-state index is 0.138. The predicted molar refractivity (Wildman–Crippen MR) is 103 cm³/mol. The fraction of sp³-hybridized carbons (Fsp3) is 0.0500. The standard InChI is InChI=1S/C20H14ClN3O3/c1-23-13(10-12-6-2-4-8-16(12)23)11-14-18(25)22-20(27)24(19(14)26)17-9-5-3-7-15(17)21/h2-11H,1H3,(H,22,25,27)/b14-11-. The van der Waals surface area contributed by atoms with Crippen LogP contribution in [-0.4, -0.2) is 22.4 Å². The molecule has 0 saturated carbocycles. The molecule has 1 aliphatic rings. The number of aromatic nitrogens is 1. The molecule has 27 heavy (non-hydrogen) atoms. The number of halogens is 1. The predicted octanol–water partition coefficient (Wildman–Crippen LogP) is 3.50. The van der Waals surface area contributed by atoms with Crippen molar-refractivity contribution in [2.75, 3.05) is 4.90 Å². The second-order valence-electron chi connectivity index (χ2n) is 6.10. The molecule has 0 atom stereocenters. The molecule has 0 spiro atoms. The number of hydrogen-bond acceptors (Lipinski definition) is 3. The lowest BCUT2D eigenvalue weighted by Gasteiger charge is -2.27. The van der Waals surface area contributed by atoms with E-state index in [0.717, 1.165) is 15.8 Å². The van der Waals surface area contributed by atoms with Crippen LogP contribution in [-0.2, 0) is 16.6 Å². The number of hydrogen-bond donors (Lipinski definition) is 1. The number of urea groups is 1. The first kappa shape index (κ1) is 17.1. The van der Waals surface area contributed by atoms with Gasteiger partial charge in [-0.15, -0.1) is 0 Å². The lowest BCUT2D eigenvalue weighted by Crippen LogP contribution is -2.54. The van der Waals surface area contributed by atoms with Crippen LogP contribution < -0.4 is 10.2 Å². The zero-order valence-electron chi connectivity index (χ0n) is 14.3. The van der Waals surface area contributed by atoms with E-state index in [-0.39, 0.29) is 16.3 Å². The number of barbiturate groups is 1. The Kier molecular flexibility index (Phi) is 4.05. The molecule has 1 fully saturated rings. The summed E-state index contributed by atoms with van der Waals surface area (Å²) in [6.07, 6.45) is 1.48. The highest BCUT2D eigenvalue weighted by Crippen LogP contribution is 2.29. The number of carbonyl (C=O) groups excluding carboxylic acids is 3. The fourth-order valence-electron chi connectivity index (χ4n) is 3.11. The molecule has 134 valence electrons. The van der Waals surface area contributed by atoms with Gasteiger partial charge in [0.15, 0.2) is 0 Å². The Morgan fingerprint density at radius 1 is 1.00 bits per heavy atom. The Balaban J connectivity index is 1.82. The minimum atomic E-state index is -0.827. The molecular weight excluding hydrogens is 366 g/mol. The molecule has 1 N–H and O–H groups in total. The third-order valence-corrected chi connectivity index (χ3v) is 4.80. The topological polar surface area (TPSA) is 71.4 Å². The first-order valence-corrected chi connectivity index (χ1v) is 8.55. The molecule has 3 aromatic rings. The quantitative estimate of drug-likeness (QED) is 0.547. The van der Waals surface area contributed by atoms with Gasteiger partial charge >= 0.3 is 6.03 Å². The normalized spacial score (nSPS) is 16.3. The molecule has 2 aromatic carbocycles. The van der Waals surface area contributed by atoms with Crippen molar-refractivity contribution in [2.24, 2.45) is 7.05 Å². The molecule has 0 aliphatic carbocycles. The van der Waals surface area contributed by atoms with Crippen molar-refractivity contribution < 1.29 is 14.4 Å². The Bertz CT molecular complexity index is 1150. The lowest BCUT2D eigenvalue weighted by atomic mass is 10.1. The van der Waals surface area contributed by atoms with Crippen molar-refractivity contribution >= 4 is 52.1 Å². The first-order chi connectivity index (χ1) is 13.0. The van der Waals surface area contributed by atoms with Crippen LogP contribution in [0.25, 0.3) is 17.0 Å². The highest BCUT2D eigenvalue weighted by molar-refractivity contribution is 6.42. The number of nitrogens with one attached hydrogen (secondary N) is 1. The summed E-state index contributed by atoms with van der Waals surface area (Å²) in [5.41, 5.74) is 1.72. The van der Waals surface area contributed by atoms with E-state index in [0.29, 0.717) is 5.69 Å². The fourth-order valence-corrected chi connectivity index (χ4v) is 3.33. The Labute approximate surface area is 159 Å². The number of anilines is 1. The number of carbonyl (C=O) groups is 3. The van der Waals surface area contributed by atoms with E-state index >= 15 is 0 Å². The number of fused-ring (bicyclic) bond motifs is 1. The molecule has 2 heterocycles. The van der Waals surface area contributed by atoms with Crippen LogP contribution in [0.1, 0.15) is 5.69 Å². The molecular formula is C20H14ClN3O3. The third kappa shape index (κ3) is 2.80. The van der Waals surface area contributed by atoms with Crippen LogP contribution in [0.2, 0.25) is 5.02 Å². The molecule has 0 bridgehead atoms. The zero-order valence-corrected chi connectivity index (χ0v) is 15.0. The average Bonchev–Trinajstić information content (AvgIpc) is 2.96. The van der Waals surface area contributed by atoms with Crippen LogP contribution in [0.5, 0.6) is 0 Å². The maximum absolute atomic E-state index is 12.9. The van der Waals surface area contributed by atoms with E-state index in [9.17, 15) is 14.4 Å². The van der Waals surface area contributed by atoms with Crippen molar-refractivity contribution in [3.63, 3.8) is 0 Å². The molecule has 1 saturated heterocycles. The summed E-state index contributed by atoms with van der Waals surface area (Å²) in [6.45, 7) is 0. The molecule has 4 rings (SSSR count). The van der Waals surface area contributed by atoms with E-state index in [1.807, 2.05) is 41.9 Å². The zero-order chi connectivity index (χ0) is 19.1. The van der Waals surface area contributed by atoms with E-state index < -0.39 is 17.8 Å². The molecule has 6 nitrogen and oxygen atoms in total. The smallest absolute Gasteiger partial charge is 0.335 e. The van der Waals surface area contributed by atoms with Gasteiger partial charge in [0.2, 0.25) is 0 Å². The number of para-hydroxylation sites is 2. The van der Waals surface area contributed by atoms with Gasteiger partial charge in [-0.3, -0.25) is 14.9 Å². The molecule has 0 unspecified atom stereocenters. The molecule has 4 amide bonds. The van der Waals surface area contributed by atoms with Crippen LogP contribution in [0.15, 0.2) is 60.2 Å². The molecule has 0 radical (unpaired) electrons. The van der Waals surface area contributed by atoms with Crippen LogP contribution in [0.3, 0.4) is 0 Å². The first-order valence-electron chi connectivity index (χ1n) is 8.18. The number of benzene rings is 2. The van der Waals surface area contributed by atoms with Crippen molar-refractivity contribution in [3.8, 4) is 0 Å². The van der Waals surface area contributed by atoms with Crippen molar-refractivity contribution in [1.29, 1.82) is 0 Å². The van der Waals surface area contributed by atoms with Crippen molar-refractivity contribution in [1.82, 2.24) is 9.88 Å². The number of aryl methyl sites for hydroxylation is 1. The largest absolute Gasteiger partial charge is 0.344 e. The molecule has 7 heteroatoms. The Morgan fingerprint density at radius 3 is 2.44 bits per heavy atom. The van der Waals surface area contributed by atoms with Gasteiger partial charge in [-0.2, -0.15) is 0 Å². The van der Waals surface area contributed by atoms with Crippen molar-refractivity contribution in [3.05, 3.63) is 70.9 Å². The van der Waals surface area contributed by atoms with Crippen molar-refractivity contribution in [2.45, 2.75) is 0 Å². The minimum Gasteiger partial charge on any atom is -0.344 e. The van der Waals surface area contributed by atoms with Gasteiger partial charge in [0, 0.05) is 23.6 Å². The van der Waals surface area contributed by atoms with Gasteiger partial charge in [-0.25, -0.2) is 9.69 Å². The van der Waals surface area contributed by atoms with E-state index in [4.69, 9.17) is 11.6 Å². The second-order valence-corrected chi connectivity index (χ2v) is 6.50. The van der Waals surface area contributed by atoms with Gasteiger partial charge in [-0.05, 0) is 30.3 Å². The highest BCUT2D eigenvalue weighted by Gasteiger charge is 2.37. The number of rotatable bonds is 2. The summed E-state index contributed by atoms with van der Waals surface area (Å²) in [7, 11) is 1.84. The van der Waals surface area contributed by atoms with Gasteiger partial charge in [-0.1, -0.05) is 41.9 Å². The van der Waals surface area contributed by atoms with Crippen LogP contribution >= 0.6 is 11.6 Å². The van der Waals surface area contributed by atoms with Gasteiger partial charge in [0.25, 0.3) is 11.8 Å². The summed E-state index contributed by atoms with van der Waals surface area (Å²) in [5.74, 6) is -1.46. The van der Waals surface area contributed by atoms with Gasteiger partial charge < -0.3 is 4.57 Å². The highest BCUT2D eigenvalue weighted by atomic mass is 35.5. The number of amides is 4. The summed E-state index contributed by atoms with van der Waals surface area (Å²) in [5, 5.41) is 3.42. The Morgan fingerprint density at radius 2 is 1.70 bits per heavy atom. The SMILES string of the molecule is Cn1c(/C=C2/C(=O)NC(=O)N(c3ccccc3Cl)C2=O)cc2ccccc21. The lowest BCUT2D eigenvalue weighted by molar-refractivity contribution is -0.122. The summed E-state index contributed by atoms with van der Waals surface area (Å²) >= 11 is 6.13. The summed E-state index contributed by atoms with van der Waals surface area (Å²) in [4.78, 5) is 38.4. The number of imide groups is 2. The van der Waals surface area contributed by atoms with Gasteiger partial charge in [0.1, 0.15) is 5.57 Å². The monoisotopic (exact) mass is 379 g/mol. The second kappa shape index (κ2) is 6.41. The summed E-state index contributed by atoms with van der Waals surface area (Å²) in [6, 6.07) is 15.2. The molecule has 1 aliphatic heterocycles. The number of nitrogens with zero attached hydrogens (tertiary/aromatic N) is 2. The van der Waals surface area contributed by atoms with E-state index in [1.54, 1.807) is 24.3 Å². The van der Waals surface area contributed by atoms with E-state index in [2.05, 4.69) is 5.32 Å². The van der Waals surface area contributed by atoms with Crippen LogP contribution in [0, 0.1) is 0 Å². The summed E-state index contributed by atoms with van der Waals surface area (Å²) < 4.78 is 1.87. The van der Waals surface area contributed by atoms with E-state index in [1.165, 1.54) is 6.08 Å². The Hall–Kier alpha value is -3.38. The molecule has 1 aromatic heterocycles. The van der Waals surface area contributed by atoms with Gasteiger partial charge in [0.05, 0.1) is 10.7 Å². The maximum Gasteiger partial charge on any atom is 0.335 e. The third-order valence-electron chi connectivity index (χ3n) is 4.48. The average molecular weight is 380 g/mol.